The van der Waals surface area contributed by atoms with Gasteiger partial charge in [-0.1, -0.05) is 0 Å². The third kappa shape index (κ3) is 5.10. The quantitative estimate of drug-likeness (QED) is 0.695. The first-order valence-electron chi connectivity index (χ1n) is 1.71. The summed E-state index contributed by atoms with van der Waals surface area (Å²) < 4.78 is 1.38. The van der Waals surface area contributed by atoms with Crippen LogP contribution in [0.3, 0.4) is 0 Å². The second-order valence-electron chi connectivity index (χ2n) is 0.853. The SMILES string of the molecule is CC[CH2][Bi]=[S]. The van der Waals surface area contributed by atoms with E-state index in [2.05, 4.69) is 6.92 Å². The average molecular weight is 284 g/mol. The van der Waals surface area contributed by atoms with Crippen molar-refractivity contribution in [3.05, 3.63) is 0 Å². The molecule has 30 valence electrons. The van der Waals surface area contributed by atoms with Crippen molar-refractivity contribution in [2.75, 3.05) is 0 Å². The summed E-state index contributed by atoms with van der Waals surface area (Å²) in [7, 11) is 4.83. The first-order chi connectivity index (χ1) is 2.41. The molecule has 0 atom stereocenters. The van der Waals surface area contributed by atoms with Crippen LogP contribution in [0.15, 0.2) is 0 Å². The summed E-state index contributed by atoms with van der Waals surface area (Å²) >= 11 is -0.282. The van der Waals surface area contributed by atoms with Gasteiger partial charge in [-0.25, -0.2) is 0 Å². The Bertz CT molecular complexity index is 28.1. The maximum absolute atomic E-state index is 4.83. The molecule has 0 bridgehead atoms. The van der Waals surface area contributed by atoms with Crippen LogP contribution >= 0.6 is 8.86 Å². The second-order valence-corrected chi connectivity index (χ2v) is 5.86. The van der Waals surface area contributed by atoms with Gasteiger partial charge in [0.25, 0.3) is 0 Å². The molecule has 0 saturated carbocycles. The predicted octanol–water partition coefficient (Wildman–Crippen LogP) is 1.63. The van der Waals surface area contributed by atoms with Crippen molar-refractivity contribution in [2.24, 2.45) is 0 Å². The topological polar surface area (TPSA) is 0 Å². The molecule has 0 aromatic carbocycles. The van der Waals surface area contributed by atoms with Gasteiger partial charge in [-0.15, -0.1) is 0 Å². The van der Waals surface area contributed by atoms with Crippen LogP contribution in [0, 0.1) is 0 Å². The maximum atomic E-state index is 4.83. The molecule has 0 aliphatic rings. The van der Waals surface area contributed by atoms with Gasteiger partial charge in [0.15, 0.2) is 0 Å². The minimum absolute atomic E-state index is 0.282. The average Bonchev–Trinajstić information content (AvgIpc) is 1.41. The molecule has 0 spiro atoms. The zero-order valence-corrected chi connectivity index (χ0v) is 7.56. The van der Waals surface area contributed by atoms with Gasteiger partial charge in [-0.05, 0) is 0 Å². The Morgan fingerprint density at radius 3 is 2.40 bits per heavy atom. The van der Waals surface area contributed by atoms with Crippen molar-refractivity contribution >= 4 is 30.1 Å². The second kappa shape index (κ2) is 5.10. The molecule has 0 saturated heterocycles. The summed E-state index contributed by atoms with van der Waals surface area (Å²) in [6.45, 7) is 2.19. The van der Waals surface area contributed by atoms with Crippen LogP contribution in [0.1, 0.15) is 13.3 Å². The molecule has 0 fully saturated rings. The molecule has 0 nitrogen and oxygen atoms in total. The Kier molecular flexibility index (Phi) is 6.23. The molecule has 0 aliphatic heterocycles. The van der Waals surface area contributed by atoms with Crippen LogP contribution in [0.2, 0.25) is 4.13 Å². The molecular formula is C3H7BiS. The van der Waals surface area contributed by atoms with Crippen LogP contribution < -0.4 is 0 Å². The van der Waals surface area contributed by atoms with Crippen molar-refractivity contribution in [3.8, 4) is 0 Å². The summed E-state index contributed by atoms with van der Waals surface area (Å²) in [6, 6.07) is 0. The van der Waals surface area contributed by atoms with Crippen molar-refractivity contribution in [1.82, 2.24) is 0 Å². The van der Waals surface area contributed by atoms with E-state index < -0.39 is 0 Å². The Hall–Kier alpha value is 1.10. The van der Waals surface area contributed by atoms with E-state index >= 15 is 0 Å². The Morgan fingerprint density at radius 1 is 1.80 bits per heavy atom. The van der Waals surface area contributed by atoms with Gasteiger partial charge in [-0.3, -0.25) is 0 Å². The first kappa shape index (κ1) is 6.10. The minimum atomic E-state index is -0.282. The third-order valence-corrected chi connectivity index (χ3v) is 4.37. The van der Waals surface area contributed by atoms with Crippen molar-refractivity contribution in [1.29, 1.82) is 0 Å². The number of rotatable bonds is 2. The molecule has 0 N–H and O–H groups in total. The Labute approximate surface area is 47.5 Å². The van der Waals surface area contributed by atoms with E-state index in [4.69, 9.17) is 8.86 Å². The van der Waals surface area contributed by atoms with E-state index in [0.717, 1.165) is 0 Å². The first-order valence-corrected chi connectivity index (χ1v) is 8.79. The molecule has 0 amide bonds. The van der Waals surface area contributed by atoms with Crippen LogP contribution in [0.5, 0.6) is 0 Å². The monoisotopic (exact) mass is 284 g/mol. The van der Waals surface area contributed by atoms with Crippen molar-refractivity contribution in [2.45, 2.75) is 17.5 Å². The van der Waals surface area contributed by atoms with Gasteiger partial charge in [0.2, 0.25) is 0 Å². The molecule has 0 radical (unpaired) electrons. The molecule has 5 heavy (non-hydrogen) atoms. The molecule has 0 unspecified atom stereocenters. The van der Waals surface area contributed by atoms with Crippen LogP contribution in [-0.2, 0) is 0 Å². The van der Waals surface area contributed by atoms with Gasteiger partial charge in [0, 0.05) is 0 Å². The summed E-state index contributed by atoms with van der Waals surface area (Å²) in [5, 5.41) is 0. The fourth-order valence-electron chi connectivity index (χ4n) is 0.0913. The summed E-state index contributed by atoms with van der Waals surface area (Å²) in [6.07, 6.45) is 1.32. The van der Waals surface area contributed by atoms with Crippen LogP contribution in [0.4, 0.5) is 0 Å². The number of hydrogen-bond acceptors (Lipinski definition) is 1. The fourth-order valence-corrected chi connectivity index (χ4v) is 2.40. The zero-order valence-electron chi connectivity index (χ0n) is 3.27. The molecule has 0 rings (SSSR count). The summed E-state index contributed by atoms with van der Waals surface area (Å²) in [5.41, 5.74) is 0. The summed E-state index contributed by atoms with van der Waals surface area (Å²) in [4.78, 5) is 0. The van der Waals surface area contributed by atoms with Gasteiger partial charge in [0.05, 0.1) is 0 Å². The molecule has 2 heteroatoms. The van der Waals surface area contributed by atoms with E-state index in [-0.39, 0.29) is 21.2 Å². The van der Waals surface area contributed by atoms with E-state index in [9.17, 15) is 0 Å². The van der Waals surface area contributed by atoms with E-state index in [1.807, 2.05) is 0 Å². The number of hydrogen-bond donors (Lipinski definition) is 0. The van der Waals surface area contributed by atoms with Gasteiger partial charge >= 0.3 is 47.5 Å². The van der Waals surface area contributed by atoms with Crippen LogP contribution in [-0.4, -0.2) is 21.2 Å². The summed E-state index contributed by atoms with van der Waals surface area (Å²) in [5.74, 6) is 0. The molecule has 0 aromatic heterocycles. The predicted molar refractivity (Wildman–Crippen MR) is 28.4 cm³/mol. The molecule has 0 heterocycles. The molecular weight excluding hydrogens is 277 g/mol. The Balaban J connectivity index is 2.40. The van der Waals surface area contributed by atoms with Gasteiger partial charge < -0.3 is 0 Å². The van der Waals surface area contributed by atoms with Gasteiger partial charge in [0.1, 0.15) is 0 Å². The van der Waals surface area contributed by atoms with Crippen LogP contribution in [0.25, 0.3) is 0 Å². The zero-order chi connectivity index (χ0) is 4.12. The van der Waals surface area contributed by atoms with Crippen molar-refractivity contribution < 1.29 is 0 Å². The Morgan fingerprint density at radius 2 is 2.40 bits per heavy atom. The van der Waals surface area contributed by atoms with Gasteiger partial charge in [-0.2, -0.15) is 0 Å². The third-order valence-electron chi connectivity index (χ3n) is 0.315. The van der Waals surface area contributed by atoms with E-state index in [1.165, 1.54) is 10.5 Å². The molecule has 0 aromatic rings. The fraction of sp³-hybridized carbons (Fsp3) is 1.00. The van der Waals surface area contributed by atoms with E-state index in [0.29, 0.717) is 0 Å². The normalized spacial score (nSPS) is 7.40. The van der Waals surface area contributed by atoms with Crippen molar-refractivity contribution in [3.63, 3.8) is 0 Å². The van der Waals surface area contributed by atoms with E-state index in [1.54, 1.807) is 0 Å². The standard InChI is InChI=1S/C3H7.Bi.S/c1-3-2;;/h1,3H2,2H3;;. The molecule has 0 aliphatic carbocycles.